The molecule has 7 nitrogen and oxygen atoms in total. The predicted octanol–water partition coefficient (Wildman–Crippen LogP) is 3.02. The fraction of sp³-hybridized carbons (Fsp3) is 0.455. The molecule has 0 fully saturated rings. The summed E-state index contributed by atoms with van der Waals surface area (Å²) in [6.45, 7) is 5.46. The lowest BCUT2D eigenvalue weighted by Gasteiger charge is -2.23. The normalized spacial score (nSPS) is 14.9. The number of fused-ring (bicyclic) bond motifs is 3. The summed E-state index contributed by atoms with van der Waals surface area (Å²) in [6.07, 6.45) is 6.89. The fourth-order valence-electron chi connectivity index (χ4n) is 3.94. The lowest BCUT2D eigenvalue weighted by Crippen LogP contribution is -2.35. The Labute approximate surface area is 179 Å². The standard InChI is InChI=1S/C22H27N3O4S/c1-2-9-28-14-15(26)11-25(12-16-6-5-10-29-16)13-19-23-21(27)20-17-7-3-4-8-18(17)30-22(20)24-19/h2,5-6,10,15,26H,1,3-4,7-9,11-14H2,(H,23,24,27)/t15-/m1/s1. The number of furan rings is 1. The zero-order valence-electron chi connectivity index (χ0n) is 16.9. The van der Waals surface area contributed by atoms with Crippen LogP contribution in [0.3, 0.4) is 0 Å². The number of aliphatic hydroxyl groups is 1. The molecule has 0 saturated heterocycles. The van der Waals surface area contributed by atoms with Crippen molar-refractivity contribution in [3.05, 3.63) is 63.4 Å². The zero-order chi connectivity index (χ0) is 20.9. The van der Waals surface area contributed by atoms with E-state index in [-0.39, 0.29) is 12.2 Å². The number of aliphatic hydroxyl groups excluding tert-OH is 1. The fourth-order valence-corrected chi connectivity index (χ4v) is 5.22. The summed E-state index contributed by atoms with van der Waals surface area (Å²) in [4.78, 5) is 24.7. The summed E-state index contributed by atoms with van der Waals surface area (Å²) in [6, 6.07) is 3.72. The number of aromatic amines is 1. The van der Waals surface area contributed by atoms with Gasteiger partial charge in [-0.2, -0.15) is 0 Å². The van der Waals surface area contributed by atoms with Crippen molar-refractivity contribution in [1.82, 2.24) is 14.9 Å². The third-order valence-corrected chi connectivity index (χ3v) is 6.41. The largest absolute Gasteiger partial charge is 0.468 e. The van der Waals surface area contributed by atoms with E-state index in [1.165, 1.54) is 16.9 Å². The highest BCUT2D eigenvalue weighted by Gasteiger charge is 2.21. The second-order valence-electron chi connectivity index (χ2n) is 7.63. The average molecular weight is 430 g/mol. The molecule has 8 heteroatoms. The Morgan fingerprint density at radius 3 is 3.07 bits per heavy atom. The third-order valence-electron chi connectivity index (χ3n) is 5.22. The number of hydrogen-bond donors (Lipinski definition) is 2. The SMILES string of the molecule is C=CCOC[C@H](O)CN(Cc1nc2sc3c(c2c(=O)[nH]1)CCCC3)Cc1ccco1. The van der Waals surface area contributed by atoms with E-state index in [2.05, 4.69) is 11.6 Å². The maximum Gasteiger partial charge on any atom is 0.259 e. The van der Waals surface area contributed by atoms with Crippen LogP contribution in [0.25, 0.3) is 10.2 Å². The van der Waals surface area contributed by atoms with Crippen LogP contribution >= 0.6 is 11.3 Å². The Bertz CT molecular complexity index is 1040. The van der Waals surface area contributed by atoms with E-state index < -0.39 is 6.10 Å². The summed E-state index contributed by atoms with van der Waals surface area (Å²) in [7, 11) is 0. The van der Waals surface area contributed by atoms with Crippen molar-refractivity contribution in [2.24, 2.45) is 0 Å². The van der Waals surface area contributed by atoms with Gasteiger partial charge in [0, 0.05) is 11.4 Å². The summed E-state index contributed by atoms with van der Waals surface area (Å²) >= 11 is 1.64. The van der Waals surface area contributed by atoms with Gasteiger partial charge in [0.1, 0.15) is 16.4 Å². The quantitative estimate of drug-likeness (QED) is 0.380. The number of aryl methyl sites for hydroxylation is 2. The maximum absolute atomic E-state index is 12.8. The van der Waals surface area contributed by atoms with Crippen LogP contribution in [-0.2, 0) is 30.7 Å². The Hall–Kier alpha value is -2.26. The molecule has 1 aliphatic carbocycles. The molecule has 0 bridgehead atoms. The summed E-state index contributed by atoms with van der Waals surface area (Å²) in [5.74, 6) is 1.38. The first-order valence-electron chi connectivity index (χ1n) is 10.3. The molecule has 30 heavy (non-hydrogen) atoms. The number of H-pyrrole nitrogens is 1. The number of aromatic nitrogens is 2. The molecule has 3 aromatic heterocycles. The van der Waals surface area contributed by atoms with Crippen LogP contribution in [0.2, 0.25) is 0 Å². The Balaban J connectivity index is 1.54. The monoisotopic (exact) mass is 429 g/mol. The van der Waals surface area contributed by atoms with E-state index in [1.54, 1.807) is 23.7 Å². The van der Waals surface area contributed by atoms with Gasteiger partial charge in [-0.25, -0.2) is 4.98 Å². The van der Waals surface area contributed by atoms with Crippen molar-refractivity contribution in [2.45, 2.75) is 44.9 Å². The topological polar surface area (TPSA) is 91.6 Å². The van der Waals surface area contributed by atoms with Crippen molar-refractivity contribution in [3.63, 3.8) is 0 Å². The van der Waals surface area contributed by atoms with Crippen LogP contribution in [-0.4, -0.2) is 45.8 Å². The van der Waals surface area contributed by atoms with Crippen molar-refractivity contribution in [3.8, 4) is 0 Å². The molecule has 0 spiro atoms. The summed E-state index contributed by atoms with van der Waals surface area (Å²) < 4.78 is 10.8. The molecule has 0 aliphatic heterocycles. The highest BCUT2D eigenvalue weighted by atomic mass is 32.1. The number of thiophene rings is 1. The van der Waals surface area contributed by atoms with Gasteiger partial charge in [-0.3, -0.25) is 9.69 Å². The molecule has 1 aliphatic rings. The van der Waals surface area contributed by atoms with Crippen LogP contribution in [0, 0.1) is 0 Å². The van der Waals surface area contributed by atoms with E-state index in [0.29, 0.717) is 32.1 Å². The number of ether oxygens (including phenoxy) is 1. The smallest absolute Gasteiger partial charge is 0.259 e. The molecular weight excluding hydrogens is 402 g/mol. The van der Waals surface area contributed by atoms with E-state index in [9.17, 15) is 9.90 Å². The van der Waals surface area contributed by atoms with Gasteiger partial charge in [-0.1, -0.05) is 6.08 Å². The minimum atomic E-state index is -0.676. The van der Waals surface area contributed by atoms with Gasteiger partial charge in [-0.15, -0.1) is 17.9 Å². The van der Waals surface area contributed by atoms with Gasteiger partial charge in [0.25, 0.3) is 5.56 Å². The first-order valence-corrected chi connectivity index (χ1v) is 11.1. The molecule has 0 unspecified atom stereocenters. The van der Waals surface area contributed by atoms with E-state index in [1.807, 2.05) is 17.0 Å². The average Bonchev–Trinajstić information content (AvgIpc) is 3.35. The van der Waals surface area contributed by atoms with E-state index >= 15 is 0 Å². The van der Waals surface area contributed by atoms with Crippen molar-refractivity contribution >= 4 is 21.6 Å². The second kappa shape index (κ2) is 9.70. The molecule has 1 atom stereocenters. The maximum atomic E-state index is 12.8. The van der Waals surface area contributed by atoms with Crippen LogP contribution in [0.15, 0.2) is 40.3 Å². The zero-order valence-corrected chi connectivity index (χ0v) is 17.7. The van der Waals surface area contributed by atoms with Crippen LogP contribution in [0.4, 0.5) is 0 Å². The second-order valence-corrected chi connectivity index (χ2v) is 8.72. The van der Waals surface area contributed by atoms with Crippen LogP contribution in [0.1, 0.15) is 34.9 Å². The molecule has 3 aromatic rings. The van der Waals surface area contributed by atoms with Crippen molar-refractivity contribution < 1.29 is 14.3 Å². The lowest BCUT2D eigenvalue weighted by molar-refractivity contribution is 0.0210. The first-order chi connectivity index (χ1) is 14.6. The van der Waals surface area contributed by atoms with Gasteiger partial charge in [0.2, 0.25) is 0 Å². The summed E-state index contributed by atoms with van der Waals surface area (Å²) in [5, 5.41) is 11.1. The molecule has 0 radical (unpaired) electrons. The van der Waals surface area contributed by atoms with Gasteiger partial charge >= 0.3 is 0 Å². The van der Waals surface area contributed by atoms with Gasteiger partial charge in [0.05, 0.1) is 44.1 Å². The van der Waals surface area contributed by atoms with E-state index in [0.717, 1.165) is 35.2 Å². The number of hydrogen-bond acceptors (Lipinski definition) is 7. The minimum Gasteiger partial charge on any atom is -0.468 e. The van der Waals surface area contributed by atoms with Crippen molar-refractivity contribution in [1.29, 1.82) is 0 Å². The Morgan fingerprint density at radius 1 is 1.40 bits per heavy atom. The van der Waals surface area contributed by atoms with Gasteiger partial charge in [-0.05, 0) is 43.4 Å². The molecule has 160 valence electrons. The molecular formula is C22H27N3O4S. The molecule has 0 amide bonds. The molecule has 3 heterocycles. The molecule has 0 saturated carbocycles. The van der Waals surface area contributed by atoms with Gasteiger partial charge < -0.3 is 19.2 Å². The van der Waals surface area contributed by atoms with E-state index in [4.69, 9.17) is 14.1 Å². The first kappa shape index (κ1) is 21.0. The highest BCUT2D eigenvalue weighted by molar-refractivity contribution is 7.18. The Morgan fingerprint density at radius 2 is 2.27 bits per heavy atom. The summed E-state index contributed by atoms with van der Waals surface area (Å²) in [5.41, 5.74) is 1.12. The number of nitrogens with zero attached hydrogens (tertiary/aromatic N) is 2. The van der Waals surface area contributed by atoms with Crippen LogP contribution in [0.5, 0.6) is 0 Å². The van der Waals surface area contributed by atoms with Gasteiger partial charge in [0.15, 0.2) is 0 Å². The molecule has 2 N–H and O–H groups in total. The molecule has 0 aromatic carbocycles. The van der Waals surface area contributed by atoms with Crippen LogP contribution < -0.4 is 5.56 Å². The number of nitrogens with one attached hydrogen (secondary N) is 1. The minimum absolute atomic E-state index is 0.0674. The Kier molecular flexibility index (Phi) is 6.79. The third kappa shape index (κ3) is 4.89. The highest BCUT2D eigenvalue weighted by Crippen LogP contribution is 2.33. The number of rotatable bonds is 10. The lowest BCUT2D eigenvalue weighted by atomic mass is 9.97. The molecule has 4 rings (SSSR count). The van der Waals surface area contributed by atoms with Crippen molar-refractivity contribution in [2.75, 3.05) is 19.8 Å². The predicted molar refractivity (Wildman–Crippen MR) is 117 cm³/mol.